The van der Waals surface area contributed by atoms with E-state index in [0.717, 1.165) is 4.57 Å². The second-order valence-corrected chi connectivity index (χ2v) is 3.45. The summed E-state index contributed by atoms with van der Waals surface area (Å²) in [5.41, 5.74) is -1.01. The lowest BCUT2D eigenvalue weighted by atomic mass is 10.3. The van der Waals surface area contributed by atoms with E-state index in [1.807, 2.05) is 0 Å². The molecule has 1 aromatic rings. The average Bonchev–Trinajstić information content (AvgIpc) is 2.20. The summed E-state index contributed by atoms with van der Waals surface area (Å²) in [6.45, 7) is -0.160. The molecule has 6 nitrogen and oxygen atoms in total. The van der Waals surface area contributed by atoms with Crippen LogP contribution in [0.2, 0.25) is 0 Å². The molecule has 1 N–H and O–H groups in total. The van der Waals surface area contributed by atoms with Gasteiger partial charge < -0.3 is 14.6 Å². The molecular formula is C10H12N2O4. The number of carbonyl (C=O) groups excluding carboxylic acids is 1. The summed E-state index contributed by atoms with van der Waals surface area (Å²) in [6, 6.07) is 2.63. The van der Waals surface area contributed by atoms with Gasteiger partial charge >= 0.3 is 5.97 Å². The van der Waals surface area contributed by atoms with Crippen LogP contribution in [0.25, 0.3) is 0 Å². The first-order chi connectivity index (χ1) is 7.43. The number of aromatic nitrogens is 1. The molecule has 0 aliphatic rings. The number of carboxylic acids is 1. The van der Waals surface area contributed by atoms with Crippen LogP contribution in [0.15, 0.2) is 23.1 Å². The van der Waals surface area contributed by atoms with Gasteiger partial charge in [-0.05, 0) is 12.1 Å². The molecule has 0 aliphatic carbocycles. The number of pyridine rings is 1. The van der Waals surface area contributed by atoms with Crippen LogP contribution in [0.1, 0.15) is 10.4 Å². The number of rotatable bonds is 3. The van der Waals surface area contributed by atoms with Crippen LogP contribution in [0, 0.1) is 0 Å². The number of hydrogen-bond donors (Lipinski definition) is 1. The second kappa shape index (κ2) is 4.61. The second-order valence-electron chi connectivity index (χ2n) is 3.45. The van der Waals surface area contributed by atoms with E-state index in [1.54, 1.807) is 14.1 Å². The number of amides is 1. The van der Waals surface area contributed by atoms with Gasteiger partial charge in [-0.3, -0.25) is 9.59 Å². The van der Waals surface area contributed by atoms with E-state index >= 15 is 0 Å². The van der Waals surface area contributed by atoms with Crippen LogP contribution < -0.4 is 5.56 Å². The summed E-state index contributed by atoms with van der Waals surface area (Å²) in [5, 5.41) is 8.72. The number of carbonyl (C=O) groups is 2. The zero-order valence-electron chi connectivity index (χ0n) is 9.01. The molecule has 0 saturated heterocycles. The molecule has 0 saturated carbocycles. The maximum absolute atomic E-state index is 11.6. The van der Waals surface area contributed by atoms with E-state index in [9.17, 15) is 14.4 Å². The smallest absolute Gasteiger partial charge is 0.341 e. The largest absolute Gasteiger partial charge is 0.477 e. The molecule has 0 aromatic carbocycles. The van der Waals surface area contributed by atoms with Crippen LogP contribution in [-0.2, 0) is 11.3 Å². The third-order valence-corrected chi connectivity index (χ3v) is 2.05. The third-order valence-electron chi connectivity index (χ3n) is 2.05. The molecular weight excluding hydrogens is 212 g/mol. The Bertz CT molecular complexity index is 476. The van der Waals surface area contributed by atoms with Crippen LogP contribution >= 0.6 is 0 Å². The quantitative estimate of drug-likeness (QED) is 0.760. The average molecular weight is 224 g/mol. The van der Waals surface area contributed by atoms with Gasteiger partial charge in [0.1, 0.15) is 12.1 Å². The minimum Gasteiger partial charge on any atom is -0.477 e. The lowest BCUT2D eigenvalue weighted by Gasteiger charge is -2.11. The summed E-state index contributed by atoms with van der Waals surface area (Å²) < 4.78 is 1.08. The van der Waals surface area contributed by atoms with Gasteiger partial charge in [0, 0.05) is 20.3 Å². The maximum atomic E-state index is 11.6. The predicted molar refractivity (Wildman–Crippen MR) is 56.4 cm³/mol. The molecule has 16 heavy (non-hydrogen) atoms. The zero-order valence-corrected chi connectivity index (χ0v) is 9.01. The maximum Gasteiger partial charge on any atom is 0.341 e. The topological polar surface area (TPSA) is 79.6 Å². The molecule has 0 unspecified atom stereocenters. The molecule has 86 valence electrons. The highest BCUT2D eigenvalue weighted by Gasteiger charge is 2.12. The molecule has 1 amide bonds. The van der Waals surface area contributed by atoms with Crippen molar-refractivity contribution in [2.45, 2.75) is 6.54 Å². The SMILES string of the molecule is CN(C)C(=O)Cn1cccc(C(=O)O)c1=O. The highest BCUT2D eigenvalue weighted by molar-refractivity contribution is 5.87. The summed E-state index contributed by atoms with van der Waals surface area (Å²) in [6.07, 6.45) is 1.39. The van der Waals surface area contributed by atoms with E-state index in [1.165, 1.54) is 23.2 Å². The minimum absolute atomic E-state index is 0.160. The van der Waals surface area contributed by atoms with Gasteiger partial charge in [-0.1, -0.05) is 0 Å². The van der Waals surface area contributed by atoms with Crippen molar-refractivity contribution in [3.63, 3.8) is 0 Å². The van der Waals surface area contributed by atoms with Crippen LogP contribution in [0.5, 0.6) is 0 Å². The summed E-state index contributed by atoms with van der Waals surface area (Å²) >= 11 is 0. The predicted octanol–water partition coefficient (Wildman–Crippen LogP) is -0.365. The lowest BCUT2D eigenvalue weighted by molar-refractivity contribution is -0.129. The van der Waals surface area contributed by atoms with Gasteiger partial charge in [0.2, 0.25) is 5.91 Å². The molecule has 0 aliphatic heterocycles. The molecule has 6 heteroatoms. The highest BCUT2D eigenvalue weighted by Crippen LogP contribution is 1.93. The van der Waals surface area contributed by atoms with Crippen molar-refractivity contribution in [1.29, 1.82) is 0 Å². The highest BCUT2D eigenvalue weighted by atomic mass is 16.4. The number of nitrogens with zero attached hydrogens (tertiary/aromatic N) is 2. The van der Waals surface area contributed by atoms with Gasteiger partial charge in [-0.2, -0.15) is 0 Å². The number of hydrogen-bond acceptors (Lipinski definition) is 3. The molecule has 0 bridgehead atoms. The fourth-order valence-electron chi connectivity index (χ4n) is 1.11. The Morgan fingerprint density at radius 1 is 1.44 bits per heavy atom. The fourth-order valence-corrected chi connectivity index (χ4v) is 1.11. The van der Waals surface area contributed by atoms with E-state index in [4.69, 9.17) is 5.11 Å². The van der Waals surface area contributed by atoms with E-state index in [2.05, 4.69) is 0 Å². The molecule has 1 heterocycles. The molecule has 1 aromatic heterocycles. The summed E-state index contributed by atoms with van der Waals surface area (Å²) in [7, 11) is 3.13. The molecule has 1 rings (SSSR count). The first-order valence-corrected chi connectivity index (χ1v) is 4.56. The molecule has 0 fully saturated rings. The van der Waals surface area contributed by atoms with Gasteiger partial charge in [-0.15, -0.1) is 0 Å². The molecule has 0 atom stereocenters. The van der Waals surface area contributed by atoms with Gasteiger partial charge in [0.15, 0.2) is 0 Å². The van der Waals surface area contributed by atoms with Gasteiger partial charge in [-0.25, -0.2) is 4.79 Å². The molecule has 0 spiro atoms. The standard InChI is InChI=1S/C10H12N2O4/c1-11(2)8(13)6-12-5-3-4-7(9(12)14)10(15)16/h3-5H,6H2,1-2H3,(H,15,16). The Hall–Kier alpha value is -2.11. The third kappa shape index (κ3) is 2.47. The Morgan fingerprint density at radius 2 is 2.06 bits per heavy atom. The monoisotopic (exact) mass is 224 g/mol. The number of likely N-dealkylation sites (N-methyl/N-ethyl adjacent to an activating group) is 1. The summed E-state index contributed by atoms with van der Waals surface area (Å²) in [4.78, 5) is 35.0. The van der Waals surface area contributed by atoms with E-state index < -0.39 is 11.5 Å². The molecule has 0 radical (unpaired) electrons. The number of carboxylic acid groups (broad SMARTS) is 1. The van der Waals surface area contributed by atoms with Crippen molar-refractivity contribution in [1.82, 2.24) is 9.47 Å². The Balaban J connectivity index is 3.08. The first kappa shape index (κ1) is 12.0. The van der Waals surface area contributed by atoms with Crippen molar-refractivity contribution in [3.05, 3.63) is 34.2 Å². The van der Waals surface area contributed by atoms with Crippen LogP contribution in [0.3, 0.4) is 0 Å². The minimum atomic E-state index is -1.29. The van der Waals surface area contributed by atoms with Gasteiger partial charge in [0.25, 0.3) is 5.56 Å². The van der Waals surface area contributed by atoms with Gasteiger partial charge in [0.05, 0.1) is 0 Å². The van der Waals surface area contributed by atoms with Crippen molar-refractivity contribution in [2.24, 2.45) is 0 Å². The zero-order chi connectivity index (χ0) is 12.3. The summed E-state index contributed by atoms with van der Waals surface area (Å²) in [5.74, 6) is -1.57. The normalized spacial score (nSPS) is 9.88. The van der Waals surface area contributed by atoms with Crippen LogP contribution in [-0.4, -0.2) is 40.5 Å². The number of aromatic carboxylic acids is 1. The van der Waals surface area contributed by atoms with E-state index in [0.29, 0.717) is 0 Å². The Labute approximate surface area is 91.7 Å². The first-order valence-electron chi connectivity index (χ1n) is 4.56. The van der Waals surface area contributed by atoms with Crippen molar-refractivity contribution < 1.29 is 14.7 Å². The fraction of sp³-hybridized carbons (Fsp3) is 0.300. The lowest BCUT2D eigenvalue weighted by Crippen LogP contribution is -2.33. The Morgan fingerprint density at radius 3 is 2.56 bits per heavy atom. The van der Waals surface area contributed by atoms with E-state index in [-0.39, 0.29) is 18.0 Å². The van der Waals surface area contributed by atoms with Crippen molar-refractivity contribution in [2.75, 3.05) is 14.1 Å². The van der Waals surface area contributed by atoms with Crippen molar-refractivity contribution >= 4 is 11.9 Å². The van der Waals surface area contributed by atoms with Crippen LogP contribution in [0.4, 0.5) is 0 Å². The Kier molecular flexibility index (Phi) is 3.44. The van der Waals surface area contributed by atoms with Crippen molar-refractivity contribution in [3.8, 4) is 0 Å².